The zero-order valence-electron chi connectivity index (χ0n) is 29.9. The lowest BCUT2D eigenvalue weighted by molar-refractivity contribution is -0.0906. The molecule has 0 aromatic heterocycles. The largest absolute Gasteiger partial charge is 0.465 e. The summed E-state index contributed by atoms with van der Waals surface area (Å²) in [7, 11) is -4.25. The Balaban J connectivity index is 1.38. The Hall–Kier alpha value is -3.89. The third kappa shape index (κ3) is 9.95. The van der Waals surface area contributed by atoms with Gasteiger partial charge in [0, 0.05) is 31.6 Å². The lowest BCUT2D eigenvalue weighted by atomic mass is 9.87. The number of carbonyl (C=O) groups excluding carboxylic acids is 1. The van der Waals surface area contributed by atoms with Crippen molar-refractivity contribution in [2.24, 2.45) is 11.3 Å². The molecule has 3 heterocycles. The van der Waals surface area contributed by atoms with E-state index in [-0.39, 0.29) is 50.3 Å². The summed E-state index contributed by atoms with van der Waals surface area (Å²) in [6.45, 7) is 8.30. The van der Waals surface area contributed by atoms with Crippen LogP contribution in [0, 0.1) is 11.3 Å². The standard InChI is InChI=1S/C37H51N3O11S/c1-4-5-18-48-35(42)38-17-10-9-16-37(2,3)24-39(52(45,46)27-13-14-32-33(21-27)51-25-50-32)22-31(41)29(20-26-11-7-6-8-12-26)40(36(43)44)30-23-49-34-28(30)15-19-47-34/h4,6-8,11-14,21,28-31,34,41H,1,5,9-10,15-20,22-25H2,2-3H3,(H,38,42)(H,43,44)/t28-,29-,30-,31+,34+/m0/s1. The molecular weight excluding hydrogens is 694 g/mol. The molecule has 2 aromatic rings. The van der Waals surface area contributed by atoms with Crippen LogP contribution in [0.1, 0.15) is 51.5 Å². The number of unbranched alkanes of at least 4 members (excludes halogenated alkanes) is 1. The number of amides is 2. The van der Waals surface area contributed by atoms with Crippen LogP contribution in [-0.4, -0.2) is 111 Å². The van der Waals surface area contributed by atoms with Gasteiger partial charge in [-0.25, -0.2) is 18.0 Å². The zero-order valence-corrected chi connectivity index (χ0v) is 30.7. The summed E-state index contributed by atoms with van der Waals surface area (Å²) in [5.74, 6) is 0.513. The number of aliphatic hydroxyl groups excluding tert-OH is 1. The van der Waals surface area contributed by atoms with Crippen LogP contribution in [0.2, 0.25) is 0 Å². The normalized spacial score (nSPS) is 20.7. The second-order valence-corrected chi connectivity index (χ2v) is 16.1. The van der Waals surface area contributed by atoms with Gasteiger partial charge < -0.3 is 39.2 Å². The summed E-state index contributed by atoms with van der Waals surface area (Å²) in [4.78, 5) is 26.2. The highest BCUT2D eigenvalue weighted by molar-refractivity contribution is 7.89. The molecule has 2 aromatic carbocycles. The molecule has 3 aliphatic heterocycles. The molecule has 0 unspecified atom stereocenters. The maximum atomic E-state index is 14.5. The van der Waals surface area contributed by atoms with Crippen LogP contribution in [0.5, 0.6) is 11.5 Å². The number of nitrogens with one attached hydrogen (secondary N) is 1. The first-order chi connectivity index (χ1) is 24.9. The monoisotopic (exact) mass is 745 g/mol. The van der Waals surface area contributed by atoms with Crippen LogP contribution in [0.3, 0.4) is 0 Å². The minimum atomic E-state index is -4.25. The highest BCUT2D eigenvalue weighted by atomic mass is 32.2. The number of benzene rings is 2. The number of carboxylic acid groups (broad SMARTS) is 1. The molecular formula is C37H51N3O11S. The highest BCUT2D eigenvalue weighted by Crippen LogP contribution is 2.38. The van der Waals surface area contributed by atoms with Crippen molar-refractivity contribution < 1.29 is 51.9 Å². The minimum Gasteiger partial charge on any atom is -0.465 e. The Morgan fingerprint density at radius 3 is 2.63 bits per heavy atom. The second kappa shape index (κ2) is 17.8. The van der Waals surface area contributed by atoms with Gasteiger partial charge in [-0.3, -0.25) is 4.90 Å². The third-order valence-electron chi connectivity index (χ3n) is 9.76. The first-order valence-corrected chi connectivity index (χ1v) is 19.2. The molecule has 5 atom stereocenters. The van der Waals surface area contributed by atoms with Gasteiger partial charge in [-0.15, -0.1) is 6.58 Å². The fraction of sp³-hybridized carbons (Fsp3) is 0.568. The van der Waals surface area contributed by atoms with E-state index in [4.69, 9.17) is 23.7 Å². The van der Waals surface area contributed by atoms with Crippen molar-refractivity contribution in [2.75, 3.05) is 46.2 Å². The average Bonchev–Trinajstić information content (AvgIpc) is 3.86. The Labute approximate surface area is 305 Å². The maximum Gasteiger partial charge on any atom is 0.407 e. The molecule has 15 heteroatoms. The van der Waals surface area contributed by atoms with Crippen molar-refractivity contribution in [1.29, 1.82) is 0 Å². The van der Waals surface area contributed by atoms with Gasteiger partial charge >= 0.3 is 12.2 Å². The van der Waals surface area contributed by atoms with Crippen LogP contribution in [0.25, 0.3) is 0 Å². The van der Waals surface area contributed by atoms with Crippen molar-refractivity contribution >= 4 is 22.2 Å². The summed E-state index contributed by atoms with van der Waals surface area (Å²) < 4.78 is 57.7. The van der Waals surface area contributed by atoms with E-state index in [1.807, 2.05) is 44.2 Å². The molecule has 52 heavy (non-hydrogen) atoms. The number of alkyl carbamates (subject to hydrolysis) is 1. The van der Waals surface area contributed by atoms with Gasteiger partial charge in [0.15, 0.2) is 17.8 Å². The van der Waals surface area contributed by atoms with Crippen LogP contribution in [0.4, 0.5) is 9.59 Å². The lowest BCUT2D eigenvalue weighted by Gasteiger charge is -2.40. The molecule has 2 fully saturated rings. The number of hydrogen-bond acceptors (Lipinski definition) is 10. The number of rotatable bonds is 19. The fourth-order valence-electron chi connectivity index (χ4n) is 7.06. The van der Waals surface area contributed by atoms with Gasteiger partial charge in [-0.2, -0.15) is 4.31 Å². The Morgan fingerprint density at radius 2 is 1.88 bits per heavy atom. The van der Waals surface area contributed by atoms with Gasteiger partial charge in [0.05, 0.1) is 42.9 Å². The van der Waals surface area contributed by atoms with Crippen LogP contribution in [0.15, 0.2) is 66.1 Å². The minimum absolute atomic E-state index is 0.0219. The molecule has 2 amide bonds. The highest BCUT2D eigenvalue weighted by Gasteiger charge is 2.49. The Morgan fingerprint density at radius 1 is 1.12 bits per heavy atom. The maximum absolute atomic E-state index is 14.5. The van der Waals surface area contributed by atoms with Gasteiger partial charge in [-0.1, -0.05) is 56.7 Å². The van der Waals surface area contributed by atoms with Crippen molar-refractivity contribution in [3.63, 3.8) is 0 Å². The molecule has 3 N–H and O–H groups in total. The number of ether oxygens (including phenoxy) is 5. The quantitative estimate of drug-likeness (QED) is 0.135. The number of aliphatic hydroxyl groups is 1. The molecule has 3 aliphatic rings. The lowest BCUT2D eigenvalue weighted by Crippen LogP contribution is -2.58. The van der Waals surface area contributed by atoms with E-state index in [0.29, 0.717) is 56.8 Å². The van der Waals surface area contributed by atoms with Crippen LogP contribution in [-0.2, 0) is 30.7 Å². The molecule has 0 bridgehead atoms. The van der Waals surface area contributed by atoms with E-state index >= 15 is 0 Å². The predicted molar refractivity (Wildman–Crippen MR) is 191 cm³/mol. The molecule has 14 nitrogen and oxygen atoms in total. The summed E-state index contributed by atoms with van der Waals surface area (Å²) >= 11 is 0. The van der Waals surface area contributed by atoms with Gasteiger partial charge in [-0.05, 0) is 55.2 Å². The second-order valence-electron chi connectivity index (χ2n) is 14.2. The average molecular weight is 746 g/mol. The Kier molecular flexibility index (Phi) is 13.4. The summed E-state index contributed by atoms with van der Waals surface area (Å²) in [6.07, 6.45) is 1.22. The molecule has 0 saturated carbocycles. The van der Waals surface area contributed by atoms with E-state index in [1.54, 1.807) is 6.08 Å². The molecule has 0 spiro atoms. The Bertz CT molecular complexity index is 1620. The van der Waals surface area contributed by atoms with E-state index in [9.17, 15) is 28.2 Å². The number of fused-ring (bicyclic) bond motifs is 2. The fourth-order valence-corrected chi connectivity index (χ4v) is 8.72. The molecule has 286 valence electrons. The van der Waals surface area contributed by atoms with E-state index in [1.165, 1.54) is 27.4 Å². The van der Waals surface area contributed by atoms with Crippen molar-refractivity contribution in [3.8, 4) is 11.5 Å². The SMILES string of the molecule is C=CCCOC(=O)NCCCCC(C)(C)CN(C[C@@H](O)[C@H](Cc1ccccc1)N(C(=O)O)[C@H]1CO[C@H]2OCC[C@H]21)S(=O)(=O)c1ccc2c(c1)OCO2. The number of nitrogens with zero attached hydrogens (tertiary/aromatic N) is 2. The number of hydrogen-bond donors (Lipinski definition) is 3. The predicted octanol–water partition coefficient (Wildman–Crippen LogP) is 4.62. The molecule has 0 radical (unpaired) electrons. The molecule has 0 aliphatic carbocycles. The van der Waals surface area contributed by atoms with Crippen LogP contribution >= 0.6 is 0 Å². The number of sulfonamides is 1. The van der Waals surface area contributed by atoms with E-state index in [0.717, 1.165) is 5.56 Å². The topological polar surface area (TPSA) is 173 Å². The first-order valence-electron chi connectivity index (χ1n) is 17.8. The van der Waals surface area contributed by atoms with Gasteiger partial charge in [0.25, 0.3) is 0 Å². The van der Waals surface area contributed by atoms with Crippen molar-refractivity contribution in [1.82, 2.24) is 14.5 Å². The summed E-state index contributed by atoms with van der Waals surface area (Å²) in [5.41, 5.74) is 0.211. The molecule has 5 rings (SSSR count). The first kappa shape index (κ1) is 39.3. The summed E-state index contributed by atoms with van der Waals surface area (Å²) in [5, 5.41) is 25.5. The molecule has 2 saturated heterocycles. The number of carbonyl (C=O) groups is 2. The third-order valence-corrected chi connectivity index (χ3v) is 11.6. The smallest absolute Gasteiger partial charge is 0.407 e. The van der Waals surface area contributed by atoms with Gasteiger partial charge in [0.2, 0.25) is 16.8 Å². The zero-order chi connectivity index (χ0) is 37.3. The van der Waals surface area contributed by atoms with Crippen LogP contribution < -0.4 is 14.8 Å². The van der Waals surface area contributed by atoms with Gasteiger partial charge in [0.1, 0.15) is 0 Å². The van der Waals surface area contributed by atoms with E-state index < -0.39 is 52.1 Å². The van der Waals surface area contributed by atoms with Crippen molar-refractivity contribution in [2.45, 2.75) is 81.7 Å². The van der Waals surface area contributed by atoms with E-state index in [2.05, 4.69) is 11.9 Å². The van der Waals surface area contributed by atoms with Crippen molar-refractivity contribution in [3.05, 3.63) is 66.7 Å². The summed E-state index contributed by atoms with van der Waals surface area (Å²) in [6, 6.07) is 12.0.